The van der Waals surface area contributed by atoms with E-state index in [1.165, 1.54) is 0 Å². The third-order valence-corrected chi connectivity index (χ3v) is 3.23. The maximum atomic E-state index is 6.20. The zero-order valence-corrected chi connectivity index (χ0v) is 11.0. The Balaban J connectivity index is 3.04. The van der Waals surface area contributed by atoms with E-state index in [0.717, 1.165) is 18.4 Å². The highest BCUT2D eigenvalue weighted by Gasteiger charge is 2.14. The van der Waals surface area contributed by atoms with Gasteiger partial charge in [0.15, 0.2) is 0 Å². The fourth-order valence-electron chi connectivity index (χ4n) is 1.35. The molecule has 0 aliphatic heterocycles. The third-order valence-electron chi connectivity index (χ3n) is 2.15. The Bertz CT molecular complexity index is 339. The summed E-state index contributed by atoms with van der Waals surface area (Å²) >= 11 is 18.3. The first-order chi connectivity index (χ1) is 7.10. The van der Waals surface area contributed by atoms with E-state index in [0.29, 0.717) is 15.8 Å². The Hall–Kier alpha value is -0.110. The minimum absolute atomic E-state index is 0.0918. The van der Waals surface area contributed by atoms with Gasteiger partial charge in [0, 0.05) is 11.1 Å². The van der Waals surface area contributed by atoms with E-state index in [2.05, 4.69) is 6.92 Å². The molecule has 0 aliphatic carbocycles. The average molecular weight is 268 g/mol. The van der Waals surface area contributed by atoms with Crippen LogP contribution in [-0.2, 0) is 0 Å². The van der Waals surface area contributed by atoms with Crippen molar-refractivity contribution < 1.29 is 4.74 Å². The van der Waals surface area contributed by atoms with Crippen molar-refractivity contribution in [2.45, 2.75) is 25.1 Å². The van der Waals surface area contributed by atoms with Crippen molar-refractivity contribution in [3.63, 3.8) is 0 Å². The molecule has 15 heavy (non-hydrogen) atoms. The molecule has 0 saturated heterocycles. The number of methoxy groups -OCH3 is 1. The molecule has 0 N–H and O–H groups in total. The van der Waals surface area contributed by atoms with E-state index in [1.807, 2.05) is 0 Å². The van der Waals surface area contributed by atoms with E-state index in [9.17, 15) is 0 Å². The number of ether oxygens (including phenoxy) is 1. The van der Waals surface area contributed by atoms with Crippen LogP contribution in [0, 0.1) is 0 Å². The molecular weight excluding hydrogens is 254 g/mol. The molecule has 4 heteroatoms. The van der Waals surface area contributed by atoms with Crippen LogP contribution in [0.2, 0.25) is 10.0 Å². The second-order valence-electron chi connectivity index (χ2n) is 3.26. The predicted molar refractivity (Wildman–Crippen MR) is 66.5 cm³/mol. The van der Waals surface area contributed by atoms with Gasteiger partial charge in [-0.25, -0.2) is 0 Å². The van der Waals surface area contributed by atoms with E-state index >= 15 is 0 Å². The van der Waals surface area contributed by atoms with Gasteiger partial charge in [0.2, 0.25) is 0 Å². The fourth-order valence-corrected chi connectivity index (χ4v) is 2.34. The molecule has 0 amide bonds. The van der Waals surface area contributed by atoms with Crippen molar-refractivity contribution in [3.8, 4) is 5.75 Å². The second kappa shape index (κ2) is 5.83. The Kier molecular flexibility index (Phi) is 5.04. The maximum Gasteiger partial charge on any atom is 0.138 e. The van der Waals surface area contributed by atoms with Crippen LogP contribution < -0.4 is 4.74 Å². The molecule has 0 aromatic heterocycles. The molecule has 0 heterocycles. The highest BCUT2D eigenvalue weighted by molar-refractivity contribution is 6.35. The highest BCUT2D eigenvalue weighted by atomic mass is 35.5. The third kappa shape index (κ3) is 3.17. The lowest BCUT2D eigenvalue weighted by atomic mass is 10.1. The molecule has 0 aliphatic rings. The van der Waals surface area contributed by atoms with Gasteiger partial charge in [-0.2, -0.15) is 0 Å². The van der Waals surface area contributed by atoms with Gasteiger partial charge in [-0.05, 0) is 18.1 Å². The largest absolute Gasteiger partial charge is 0.495 e. The molecule has 0 saturated carbocycles. The van der Waals surface area contributed by atoms with Crippen LogP contribution in [0.5, 0.6) is 5.75 Å². The average Bonchev–Trinajstić information content (AvgIpc) is 2.21. The second-order valence-corrected chi connectivity index (χ2v) is 4.61. The zero-order chi connectivity index (χ0) is 11.4. The van der Waals surface area contributed by atoms with Crippen molar-refractivity contribution in [2.24, 2.45) is 0 Å². The van der Waals surface area contributed by atoms with Crippen molar-refractivity contribution in [3.05, 3.63) is 27.7 Å². The number of hydrogen-bond acceptors (Lipinski definition) is 1. The van der Waals surface area contributed by atoms with Crippen LogP contribution >= 0.6 is 34.8 Å². The number of halogens is 3. The van der Waals surface area contributed by atoms with Gasteiger partial charge < -0.3 is 4.74 Å². The minimum Gasteiger partial charge on any atom is -0.495 e. The van der Waals surface area contributed by atoms with Crippen molar-refractivity contribution >= 4 is 34.8 Å². The smallest absolute Gasteiger partial charge is 0.138 e. The molecule has 84 valence electrons. The van der Waals surface area contributed by atoms with Crippen LogP contribution in [0.3, 0.4) is 0 Å². The molecule has 0 bridgehead atoms. The Morgan fingerprint density at radius 3 is 2.47 bits per heavy atom. The van der Waals surface area contributed by atoms with Crippen molar-refractivity contribution in [2.75, 3.05) is 7.11 Å². The lowest BCUT2D eigenvalue weighted by molar-refractivity contribution is 0.415. The number of alkyl halides is 1. The fraction of sp³-hybridized carbons (Fsp3) is 0.455. The standard InChI is InChI=1S/C11H13Cl3O/c1-3-4-8(12)7-5-10(14)11(15-2)6-9(7)13/h5-6,8H,3-4H2,1-2H3. The summed E-state index contributed by atoms with van der Waals surface area (Å²) in [5.74, 6) is 0.575. The Morgan fingerprint density at radius 2 is 1.93 bits per heavy atom. The van der Waals surface area contributed by atoms with Crippen LogP contribution in [0.4, 0.5) is 0 Å². The molecule has 1 atom stereocenters. The normalized spacial score (nSPS) is 12.6. The predicted octanol–water partition coefficient (Wildman–Crippen LogP) is 5.08. The molecule has 1 aromatic carbocycles. The van der Waals surface area contributed by atoms with Crippen LogP contribution in [-0.4, -0.2) is 7.11 Å². The summed E-state index contributed by atoms with van der Waals surface area (Å²) in [5.41, 5.74) is 0.867. The summed E-state index contributed by atoms with van der Waals surface area (Å²) in [4.78, 5) is 0. The lowest BCUT2D eigenvalue weighted by Crippen LogP contribution is -1.93. The van der Waals surface area contributed by atoms with Crippen LogP contribution in [0.1, 0.15) is 30.7 Å². The van der Waals surface area contributed by atoms with Crippen LogP contribution in [0.15, 0.2) is 12.1 Å². The van der Waals surface area contributed by atoms with Gasteiger partial charge in [-0.1, -0.05) is 36.5 Å². The molecule has 1 unspecified atom stereocenters. The van der Waals surface area contributed by atoms with E-state index in [-0.39, 0.29) is 5.38 Å². The molecule has 0 radical (unpaired) electrons. The summed E-state index contributed by atoms with van der Waals surface area (Å²) in [5, 5.41) is 1.05. The first-order valence-corrected chi connectivity index (χ1v) is 5.96. The van der Waals surface area contributed by atoms with Crippen LogP contribution in [0.25, 0.3) is 0 Å². The maximum absolute atomic E-state index is 6.20. The monoisotopic (exact) mass is 266 g/mol. The summed E-state index contributed by atoms with van der Waals surface area (Å²) in [6.07, 6.45) is 1.89. The number of benzene rings is 1. The van der Waals surface area contributed by atoms with E-state index in [1.54, 1.807) is 19.2 Å². The first-order valence-electron chi connectivity index (χ1n) is 4.77. The van der Waals surface area contributed by atoms with E-state index in [4.69, 9.17) is 39.5 Å². The minimum atomic E-state index is -0.0918. The number of rotatable bonds is 4. The van der Waals surface area contributed by atoms with Gasteiger partial charge in [-0.15, -0.1) is 11.6 Å². The van der Waals surface area contributed by atoms with Crippen molar-refractivity contribution in [1.29, 1.82) is 0 Å². The number of hydrogen-bond donors (Lipinski definition) is 0. The molecule has 1 nitrogen and oxygen atoms in total. The van der Waals surface area contributed by atoms with Gasteiger partial charge in [0.1, 0.15) is 5.75 Å². The SMILES string of the molecule is CCCC(Cl)c1cc(Cl)c(OC)cc1Cl. The van der Waals surface area contributed by atoms with Gasteiger partial charge >= 0.3 is 0 Å². The highest BCUT2D eigenvalue weighted by Crippen LogP contribution is 2.37. The van der Waals surface area contributed by atoms with Gasteiger partial charge in [-0.3, -0.25) is 0 Å². The zero-order valence-electron chi connectivity index (χ0n) is 8.69. The summed E-state index contributed by atoms with van der Waals surface area (Å²) in [6, 6.07) is 3.47. The summed E-state index contributed by atoms with van der Waals surface area (Å²) in [6.45, 7) is 2.08. The molecule has 1 aromatic rings. The molecule has 0 fully saturated rings. The van der Waals surface area contributed by atoms with Gasteiger partial charge in [0.25, 0.3) is 0 Å². The molecule has 0 spiro atoms. The topological polar surface area (TPSA) is 9.23 Å². The molecule has 1 rings (SSSR count). The van der Waals surface area contributed by atoms with Gasteiger partial charge in [0.05, 0.1) is 17.5 Å². The summed E-state index contributed by atoms with van der Waals surface area (Å²) in [7, 11) is 1.56. The summed E-state index contributed by atoms with van der Waals surface area (Å²) < 4.78 is 5.06. The Labute approximate surface area is 105 Å². The van der Waals surface area contributed by atoms with Crippen molar-refractivity contribution in [1.82, 2.24) is 0 Å². The quantitative estimate of drug-likeness (QED) is 0.691. The Morgan fingerprint density at radius 1 is 1.27 bits per heavy atom. The first kappa shape index (κ1) is 13.0. The van der Waals surface area contributed by atoms with E-state index < -0.39 is 0 Å². The lowest BCUT2D eigenvalue weighted by Gasteiger charge is -2.13. The molecular formula is C11H13Cl3O.